The molecule has 0 aromatic heterocycles. The Bertz CT molecular complexity index is 1130. The molecule has 2 heterocycles. The van der Waals surface area contributed by atoms with Crippen molar-refractivity contribution in [2.45, 2.75) is 11.3 Å². The van der Waals surface area contributed by atoms with E-state index < -0.39 is 20.7 Å². The van der Waals surface area contributed by atoms with E-state index >= 15 is 0 Å². The maximum atomic E-state index is 12.7. The largest absolute Gasteiger partial charge is 0.316 e. The lowest BCUT2D eigenvalue weighted by Crippen LogP contribution is -2.37. The molecule has 150 valence electrons. The van der Waals surface area contributed by atoms with Crippen LogP contribution < -0.4 is 4.90 Å². The lowest BCUT2D eigenvalue weighted by atomic mass is 10.2. The summed E-state index contributed by atoms with van der Waals surface area (Å²) < 4.78 is 25.1. The van der Waals surface area contributed by atoms with Gasteiger partial charge in [-0.3, -0.25) is 14.9 Å². The molecular weight excluding hydrogens is 482 g/mol. The Hall–Kier alpha value is -2.24. The van der Waals surface area contributed by atoms with Crippen molar-refractivity contribution in [2.75, 3.05) is 16.4 Å². The van der Waals surface area contributed by atoms with Crippen molar-refractivity contribution in [3.05, 3.63) is 68.7 Å². The molecule has 0 N–H and O–H groups in total. The highest BCUT2D eigenvalue weighted by Gasteiger charge is 2.49. The topological polar surface area (TPSA) is 110 Å². The van der Waals surface area contributed by atoms with E-state index in [9.17, 15) is 23.3 Å². The number of halogens is 1. The van der Waals surface area contributed by atoms with E-state index in [0.717, 1.165) is 10.2 Å². The number of amidine groups is 1. The summed E-state index contributed by atoms with van der Waals surface area (Å²) in [5.74, 6) is -0.592. The third-order valence-electron chi connectivity index (χ3n) is 4.67. The maximum Gasteiger partial charge on any atom is 0.279 e. The van der Waals surface area contributed by atoms with Crippen LogP contribution in [0.4, 0.5) is 11.4 Å². The first-order valence-corrected chi connectivity index (χ1v) is 12.0. The molecule has 0 bridgehead atoms. The predicted molar refractivity (Wildman–Crippen MR) is 115 cm³/mol. The van der Waals surface area contributed by atoms with Crippen LogP contribution >= 0.6 is 27.7 Å². The van der Waals surface area contributed by atoms with Gasteiger partial charge in [0.15, 0.2) is 15.0 Å². The van der Waals surface area contributed by atoms with Gasteiger partial charge >= 0.3 is 0 Å². The van der Waals surface area contributed by atoms with E-state index in [1.807, 2.05) is 24.3 Å². The molecule has 8 nitrogen and oxygen atoms in total. The first kappa shape index (κ1) is 20.0. The van der Waals surface area contributed by atoms with Gasteiger partial charge in [0.1, 0.15) is 0 Å². The van der Waals surface area contributed by atoms with Crippen molar-refractivity contribution < 1.29 is 18.1 Å². The highest BCUT2D eigenvalue weighted by molar-refractivity contribution is 9.10. The van der Waals surface area contributed by atoms with E-state index in [2.05, 4.69) is 20.9 Å². The predicted octanol–water partition coefficient (Wildman–Crippen LogP) is 3.27. The molecule has 0 saturated carbocycles. The second-order valence-corrected chi connectivity index (χ2v) is 10.9. The first-order valence-electron chi connectivity index (χ1n) is 8.53. The summed E-state index contributed by atoms with van der Waals surface area (Å²) in [4.78, 5) is 29.0. The third kappa shape index (κ3) is 4.07. The SMILES string of the molecule is O=C(N=C1S[C@@H]2CS(=O)(=O)C[C@@H]2N1c1ccc(Br)cc1)c1cccc([N+](=O)[O-])c1. The maximum absolute atomic E-state index is 12.7. The number of benzene rings is 2. The summed E-state index contributed by atoms with van der Waals surface area (Å²) in [5.41, 5.74) is 0.645. The van der Waals surface area contributed by atoms with Gasteiger partial charge in [-0.1, -0.05) is 33.8 Å². The van der Waals surface area contributed by atoms with Gasteiger partial charge in [-0.25, -0.2) is 8.42 Å². The van der Waals surface area contributed by atoms with Gasteiger partial charge in [-0.15, -0.1) is 0 Å². The number of non-ortho nitro benzene ring substituents is 1. The molecule has 2 aliphatic rings. The first-order chi connectivity index (χ1) is 13.7. The Balaban J connectivity index is 1.71. The number of anilines is 1. The average Bonchev–Trinajstić information content (AvgIpc) is 3.13. The Morgan fingerprint density at radius 3 is 2.62 bits per heavy atom. The van der Waals surface area contributed by atoms with E-state index in [1.54, 1.807) is 4.90 Å². The van der Waals surface area contributed by atoms with Gasteiger partial charge in [0.05, 0.1) is 22.5 Å². The Kier molecular flexibility index (Phi) is 5.21. The minimum Gasteiger partial charge on any atom is -0.316 e. The summed E-state index contributed by atoms with van der Waals surface area (Å²) in [5, 5.41) is 11.1. The third-order valence-corrected chi connectivity index (χ3v) is 8.41. The van der Waals surface area contributed by atoms with E-state index in [-0.39, 0.29) is 34.0 Å². The van der Waals surface area contributed by atoms with Crippen molar-refractivity contribution in [1.29, 1.82) is 0 Å². The molecule has 1 amide bonds. The van der Waals surface area contributed by atoms with Crippen molar-refractivity contribution in [2.24, 2.45) is 4.99 Å². The second-order valence-electron chi connectivity index (χ2n) is 6.65. The van der Waals surface area contributed by atoms with Crippen LogP contribution in [0.5, 0.6) is 0 Å². The van der Waals surface area contributed by atoms with Crippen LogP contribution in [0, 0.1) is 10.1 Å². The van der Waals surface area contributed by atoms with Crippen LogP contribution in [0.3, 0.4) is 0 Å². The van der Waals surface area contributed by atoms with Gasteiger partial charge in [-0.2, -0.15) is 4.99 Å². The summed E-state index contributed by atoms with van der Waals surface area (Å²) >= 11 is 4.63. The number of fused-ring (bicyclic) bond motifs is 1. The molecule has 2 aromatic carbocycles. The molecule has 2 saturated heterocycles. The molecule has 0 unspecified atom stereocenters. The van der Waals surface area contributed by atoms with Crippen molar-refractivity contribution in [1.82, 2.24) is 0 Å². The molecule has 29 heavy (non-hydrogen) atoms. The number of hydrogen-bond acceptors (Lipinski definition) is 6. The zero-order chi connectivity index (χ0) is 20.8. The minimum absolute atomic E-state index is 0.00918. The van der Waals surface area contributed by atoms with E-state index in [0.29, 0.717) is 5.17 Å². The normalized spacial score (nSPS) is 23.9. The Morgan fingerprint density at radius 1 is 1.21 bits per heavy atom. The number of nitro groups is 1. The van der Waals surface area contributed by atoms with Crippen LogP contribution in [0.15, 0.2) is 58.0 Å². The Morgan fingerprint density at radius 2 is 1.93 bits per heavy atom. The van der Waals surface area contributed by atoms with Gasteiger partial charge in [0.2, 0.25) is 0 Å². The molecule has 2 aliphatic heterocycles. The lowest BCUT2D eigenvalue weighted by molar-refractivity contribution is -0.384. The molecule has 4 rings (SSSR count). The molecule has 2 fully saturated rings. The van der Waals surface area contributed by atoms with Crippen molar-refractivity contribution >= 4 is 60.0 Å². The standard InChI is InChI=1S/C18H14BrN3O5S2/c19-12-4-6-13(7-5-12)21-15-9-29(26,27)10-16(15)28-18(21)20-17(23)11-2-1-3-14(8-11)22(24)25/h1-8,15-16H,9-10H2/t15-,16+/m0/s1. The molecule has 11 heteroatoms. The van der Waals surface area contributed by atoms with E-state index in [4.69, 9.17) is 0 Å². The fraction of sp³-hybridized carbons (Fsp3) is 0.222. The number of nitrogens with zero attached hydrogens (tertiary/aromatic N) is 3. The quantitative estimate of drug-likeness (QED) is 0.474. The van der Waals surface area contributed by atoms with Gasteiger partial charge < -0.3 is 4.90 Å². The zero-order valence-electron chi connectivity index (χ0n) is 14.8. The lowest BCUT2D eigenvalue weighted by Gasteiger charge is -2.24. The Labute approximate surface area is 179 Å². The van der Waals surface area contributed by atoms with Crippen LogP contribution in [-0.4, -0.2) is 47.2 Å². The number of hydrogen-bond donors (Lipinski definition) is 0. The molecule has 2 aromatic rings. The fourth-order valence-electron chi connectivity index (χ4n) is 3.37. The number of sulfone groups is 1. The van der Waals surface area contributed by atoms with Gasteiger partial charge in [0.25, 0.3) is 11.6 Å². The summed E-state index contributed by atoms with van der Waals surface area (Å²) in [6.45, 7) is 0. The highest BCUT2D eigenvalue weighted by atomic mass is 79.9. The van der Waals surface area contributed by atoms with Gasteiger partial charge in [-0.05, 0) is 30.3 Å². The van der Waals surface area contributed by atoms with Crippen LogP contribution in [-0.2, 0) is 9.84 Å². The van der Waals surface area contributed by atoms with Crippen LogP contribution in [0.1, 0.15) is 10.4 Å². The van der Waals surface area contributed by atoms with Crippen molar-refractivity contribution in [3.8, 4) is 0 Å². The zero-order valence-corrected chi connectivity index (χ0v) is 18.0. The van der Waals surface area contributed by atoms with E-state index in [1.165, 1.54) is 36.0 Å². The molecule has 2 atom stereocenters. The average molecular weight is 496 g/mol. The highest BCUT2D eigenvalue weighted by Crippen LogP contribution is 2.41. The number of nitro benzene ring substituents is 1. The molecule has 0 radical (unpaired) electrons. The number of carbonyl (C=O) groups is 1. The summed E-state index contributed by atoms with van der Waals surface area (Å²) in [6.07, 6.45) is 0. The number of aliphatic imine (C=N–C) groups is 1. The second kappa shape index (κ2) is 7.54. The minimum atomic E-state index is -3.16. The number of rotatable bonds is 3. The van der Waals surface area contributed by atoms with Crippen LogP contribution in [0.25, 0.3) is 0 Å². The molecular formula is C18H14BrN3O5S2. The monoisotopic (exact) mass is 495 g/mol. The number of amides is 1. The fourth-order valence-corrected chi connectivity index (χ4v) is 7.55. The van der Waals surface area contributed by atoms with Crippen molar-refractivity contribution in [3.63, 3.8) is 0 Å². The number of carbonyl (C=O) groups excluding carboxylic acids is 1. The van der Waals surface area contributed by atoms with Gasteiger partial charge in [0, 0.05) is 33.1 Å². The summed E-state index contributed by atoms with van der Waals surface area (Å²) in [7, 11) is -3.16. The summed E-state index contributed by atoms with van der Waals surface area (Å²) in [6, 6.07) is 12.4. The van der Waals surface area contributed by atoms with Crippen LogP contribution in [0.2, 0.25) is 0 Å². The molecule has 0 spiro atoms. The smallest absolute Gasteiger partial charge is 0.279 e. The number of thioether (sulfide) groups is 1. The molecule has 0 aliphatic carbocycles.